The number of hydrogen-bond donors (Lipinski definition) is 0. The highest BCUT2D eigenvalue weighted by molar-refractivity contribution is 6.04. The van der Waals surface area contributed by atoms with Gasteiger partial charge in [-0.05, 0) is 32.4 Å². The lowest BCUT2D eigenvalue weighted by atomic mass is 9.87. The number of ether oxygens (including phenoxy) is 1. The Morgan fingerprint density at radius 2 is 1.79 bits per heavy atom. The van der Waals surface area contributed by atoms with Crippen molar-refractivity contribution in [3.63, 3.8) is 0 Å². The van der Waals surface area contributed by atoms with E-state index in [1.807, 2.05) is 36.2 Å². The van der Waals surface area contributed by atoms with Crippen molar-refractivity contribution in [3.8, 4) is 0 Å². The maximum absolute atomic E-state index is 13.2. The lowest BCUT2D eigenvalue weighted by Gasteiger charge is -2.39. The van der Waals surface area contributed by atoms with Crippen molar-refractivity contribution in [2.45, 2.75) is 30.9 Å². The van der Waals surface area contributed by atoms with E-state index in [1.54, 1.807) is 4.68 Å². The van der Waals surface area contributed by atoms with Crippen molar-refractivity contribution >= 4 is 16.8 Å². The molecule has 2 aromatic rings. The van der Waals surface area contributed by atoms with Crippen molar-refractivity contribution < 1.29 is 9.53 Å². The lowest BCUT2D eigenvalue weighted by molar-refractivity contribution is -0.0396. The molecule has 0 radical (unpaired) electrons. The van der Waals surface area contributed by atoms with E-state index in [0.29, 0.717) is 11.7 Å². The Kier molecular flexibility index (Phi) is 4.84. The van der Waals surface area contributed by atoms with Gasteiger partial charge >= 0.3 is 0 Å². The van der Waals surface area contributed by atoms with E-state index in [4.69, 9.17) is 4.74 Å². The van der Waals surface area contributed by atoms with E-state index in [1.165, 1.54) is 0 Å². The van der Waals surface area contributed by atoms with Crippen LogP contribution in [0, 0.1) is 0 Å². The van der Waals surface area contributed by atoms with Crippen LogP contribution in [0.4, 0.5) is 0 Å². The highest BCUT2D eigenvalue weighted by Gasteiger charge is 2.45. The van der Waals surface area contributed by atoms with E-state index in [-0.39, 0.29) is 11.5 Å². The Labute approximate surface area is 172 Å². The fourth-order valence-electron chi connectivity index (χ4n) is 5.23. The largest absolute Gasteiger partial charge is 0.373 e. The summed E-state index contributed by atoms with van der Waals surface area (Å²) in [6.07, 6.45) is 2.95. The summed E-state index contributed by atoms with van der Waals surface area (Å²) in [5, 5.41) is 5.45. The second-order valence-electron chi connectivity index (χ2n) is 8.97. The van der Waals surface area contributed by atoms with Gasteiger partial charge in [-0.15, -0.1) is 0 Å². The topological polar surface area (TPSA) is 53.8 Å². The van der Waals surface area contributed by atoms with Gasteiger partial charge in [0.15, 0.2) is 5.69 Å². The summed E-state index contributed by atoms with van der Waals surface area (Å²) >= 11 is 0. The molecule has 7 nitrogen and oxygen atoms in total. The van der Waals surface area contributed by atoms with Gasteiger partial charge in [-0.25, -0.2) is 0 Å². The molecule has 7 heteroatoms. The summed E-state index contributed by atoms with van der Waals surface area (Å²) < 4.78 is 8.17. The molecule has 0 saturated carbocycles. The van der Waals surface area contributed by atoms with Gasteiger partial charge in [0, 0.05) is 57.7 Å². The Morgan fingerprint density at radius 1 is 1.07 bits per heavy atom. The van der Waals surface area contributed by atoms with Crippen LogP contribution >= 0.6 is 0 Å². The molecule has 4 heterocycles. The quantitative estimate of drug-likeness (QED) is 0.770. The van der Waals surface area contributed by atoms with Crippen LogP contribution in [-0.4, -0.2) is 95.0 Å². The van der Waals surface area contributed by atoms with Crippen LogP contribution in [0.1, 0.15) is 29.8 Å². The van der Waals surface area contributed by atoms with Crippen molar-refractivity contribution in [1.82, 2.24) is 24.5 Å². The Hall–Kier alpha value is -1.96. The maximum Gasteiger partial charge on any atom is 0.275 e. The van der Waals surface area contributed by atoms with Crippen molar-refractivity contribution in [3.05, 3.63) is 30.0 Å². The predicted octanol–water partition coefficient (Wildman–Crippen LogP) is 1.58. The van der Waals surface area contributed by atoms with E-state index in [0.717, 1.165) is 76.0 Å². The molecule has 3 saturated heterocycles. The molecule has 3 aliphatic rings. The Balaban J connectivity index is 1.23. The zero-order valence-corrected chi connectivity index (χ0v) is 17.5. The third kappa shape index (κ3) is 3.45. The number of rotatable bonds is 2. The van der Waals surface area contributed by atoms with E-state index >= 15 is 0 Å². The first-order valence-corrected chi connectivity index (χ1v) is 10.8. The van der Waals surface area contributed by atoms with Gasteiger partial charge in [0.2, 0.25) is 0 Å². The van der Waals surface area contributed by atoms with Crippen LogP contribution in [-0.2, 0) is 11.8 Å². The van der Waals surface area contributed by atoms with Crippen molar-refractivity contribution in [2.75, 3.05) is 52.9 Å². The van der Waals surface area contributed by atoms with Crippen LogP contribution < -0.4 is 0 Å². The fraction of sp³-hybridized carbons (Fsp3) is 0.636. The number of piperidine rings is 1. The number of carbonyl (C=O) groups is 1. The molecule has 3 fully saturated rings. The van der Waals surface area contributed by atoms with Crippen LogP contribution in [0.2, 0.25) is 0 Å². The summed E-state index contributed by atoms with van der Waals surface area (Å²) in [5.74, 6) is 0.0465. The molecular formula is C22H31N5O2. The first-order valence-electron chi connectivity index (χ1n) is 10.8. The maximum atomic E-state index is 13.2. The van der Waals surface area contributed by atoms with Gasteiger partial charge in [-0.2, -0.15) is 5.10 Å². The molecule has 1 atom stereocenters. The number of fused-ring (bicyclic) bond motifs is 1. The minimum atomic E-state index is -0.0447. The van der Waals surface area contributed by atoms with Gasteiger partial charge in [0.05, 0.1) is 17.7 Å². The number of piperazine rings is 1. The van der Waals surface area contributed by atoms with Gasteiger partial charge < -0.3 is 14.5 Å². The molecule has 0 bridgehead atoms. The number of likely N-dealkylation sites (tertiary alicyclic amines) is 1. The number of benzene rings is 1. The molecule has 156 valence electrons. The molecule has 29 heavy (non-hydrogen) atoms. The molecule has 1 spiro atoms. The molecule has 1 aromatic carbocycles. The number of nitrogens with zero attached hydrogens (tertiary/aromatic N) is 5. The normalized spacial score (nSPS) is 25.9. The zero-order chi connectivity index (χ0) is 20.0. The summed E-state index contributed by atoms with van der Waals surface area (Å²) in [5.41, 5.74) is 1.52. The van der Waals surface area contributed by atoms with Crippen LogP contribution in [0.5, 0.6) is 0 Å². The number of aryl methyl sites for hydroxylation is 1. The molecular weight excluding hydrogens is 366 g/mol. The van der Waals surface area contributed by atoms with Crippen LogP contribution in [0.3, 0.4) is 0 Å². The van der Waals surface area contributed by atoms with Gasteiger partial charge in [-0.3, -0.25) is 14.4 Å². The number of amides is 1. The number of likely N-dealkylation sites (N-methyl/N-ethyl adjacent to an activating group) is 1. The van der Waals surface area contributed by atoms with Crippen LogP contribution in [0.25, 0.3) is 10.9 Å². The number of para-hydroxylation sites is 1. The second-order valence-corrected chi connectivity index (χ2v) is 8.97. The first-order chi connectivity index (χ1) is 14.0. The minimum absolute atomic E-state index is 0.0447. The van der Waals surface area contributed by atoms with Crippen molar-refractivity contribution in [1.29, 1.82) is 0 Å². The smallest absolute Gasteiger partial charge is 0.275 e. The number of carbonyl (C=O) groups excluding carboxylic acids is 1. The van der Waals surface area contributed by atoms with E-state index in [2.05, 4.69) is 21.9 Å². The number of hydrogen-bond acceptors (Lipinski definition) is 5. The van der Waals surface area contributed by atoms with E-state index < -0.39 is 0 Å². The van der Waals surface area contributed by atoms with Gasteiger partial charge in [0.1, 0.15) is 0 Å². The highest BCUT2D eigenvalue weighted by atomic mass is 16.5. The SMILES string of the molecule is CN1CCN([C@H]2COC3(CCN(C(=O)c4nn(C)c5ccccc45)CC3)C2)CC1. The monoisotopic (exact) mass is 397 g/mol. The standard InChI is InChI=1S/C22H31N5O2/c1-24-11-13-26(14-12-24)17-15-22(29-16-17)7-9-27(10-8-22)21(28)20-18-5-3-4-6-19(18)25(2)23-20/h3-6,17H,7-16H2,1-2H3/t17-/m1/s1. The molecule has 0 N–H and O–H groups in total. The molecule has 1 amide bonds. The average Bonchev–Trinajstić information content (AvgIpc) is 3.31. The predicted molar refractivity (Wildman–Crippen MR) is 112 cm³/mol. The summed E-state index contributed by atoms with van der Waals surface area (Å²) in [4.78, 5) is 20.1. The average molecular weight is 398 g/mol. The van der Waals surface area contributed by atoms with E-state index in [9.17, 15) is 4.79 Å². The summed E-state index contributed by atoms with van der Waals surface area (Å²) in [6, 6.07) is 8.48. The molecule has 1 aromatic heterocycles. The Bertz CT molecular complexity index is 894. The first kappa shape index (κ1) is 19.0. The molecule has 3 aliphatic heterocycles. The molecule has 0 unspecified atom stereocenters. The molecule has 5 rings (SSSR count). The fourth-order valence-corrected chi connectivity index (χ4v) is 5.23. The van der Waals surface area contributed by atoms with Gasteiger partial charge in [-0.1, -0.05) is 18.2 Å². The molecule has 0 aliphatic carbocycles. The Morgan fingerprint density at radius 3 is 2.55 bits per heavy atom. The summed E-state index contributed by atoms with van der Waals surface area (Å²) in [6.45, 7) is 6.89. The van der Waals surface area contributed by atoms with Crippen LogP contribution in [0.15, 0.2) is 24.3 Å². The second kappa shape index (κ2) is 7.38. The zero-order valence-electron chi connectivity index (χ0n) is 17.5. The third-order valence-corrected chi connectivity index (χ3v) is 7.17. The third-order valence-electron chi connectivity index (χ3n) is 7.17. The minimum Gasteiger partial charge on any atom is -0.373 e. The number of aromatic nitrogens is 2. The highest BCUT2D eigenvalue weighted by Crippen LogP contribution is 2.38. The lowest BCUT2D eigenvalue weighted by Crippen LogP contribution is -2.50. The van der Waals surface area contributed by atoms with Gasteiger partial charge in [0.25, 0.3) is 5.91 Å². The van der Waals surface area contributed by atoms with Crippen molar-refractivity contribution in [2.24, 2.45) is 7.05 Å². The summed E-state index contributed by atoms with van der Waals surface area (Å²) in [7, 11) is 4.09.